The van der Waals surface area contributed by atoms with Crippen LogP contribution in [0.15, 0.2) is 54.6 Å². The van der Waals surface area contributed by atoms with Crippen LogP contribution in [0, 0.1) is 5.92 Å². The average Bonchev–Trinajstić information content (AvgIpc) is 2.70. The van der Waals surface area contributed by atoms with Crippen molar-refractivity contribution in [3.63, 3.8) is 0 Å². The van der Waals surface area contributed by atoms with E-state index in [0.29, 0.717) is 29.5 Å². The molecule has 1 fully saturated rings. The van der Waals surface area contributed by atoms with Gasteiger partial charge in [0.05, 0.1) is 5.69 Å². The van der Waals surface area contributed by atoms with Crippen LogP contribution in [-0.2, 0) is 4.79 Å². The number of carbonyl (C=O) groups excluding carboxylic acids is 1. The molecular formula is C22H28N2O3. The topological polar surface area (TPSA) is 84.6 Å². The van der Waals surface area contributed by atoms with Crippen LogP contribution in [0.2, 0.25) is 0 Å². The standard InChI is InChI=1S/C22H28N2O3/c23-18(15-16-9-3-1-4-10-16)21(25)22(26)24-19-13-7-8-14-20(19)27-17-11-5-2-6-12-17/h2,5-8,11-14,16,18,21,25H,1,3-4,9-10,15,23H2,(H,24,26)/t18-,21?/m1/s1. The van der Waals surface area contributed by atoms with Crippen molar-refractivity contribution in [1.29, 1.82) is 0 Å². The predicted octanol–water partition coefficient (Wildman–Crippen LogP) is 4.08. The van der Waals surface area contributed by atoms with Crippen molar-refractivity contribution in [2.24, 2.45) is 11.7 Å². The highest BCUT2D eigenvalue weighted by molar-refractivity contribution is 5.95. The Morgan fingerprint density at radius 1 is 1.07 bits per heavy atom. The summed E-state index contributed by atoms with van der Waals surface area (Å²) in [6, 6.07) is 15.9. The molecule has 1 unspecified atom stereocenters. The van der Waals surface area contributed by atoms with Crippen LogP contribution in [0.4, 0.5) is 5.69 Å². The van der Waals surface area contributed by atoms with E-state index in [1.807, 2.05) is 42.5 Å². The summed E-state index contributed by atoms with van der Waals surface area (Å²) in [6.45, 7) is 0. The molecule has 5 heteroatoms. The van der Waals surface area contributed by atoms with Crippen molar-refractivity contribution in [2.45, 2.75) is 50.7 Å². The molecule has 0 aromatic heterocycles. The first kappa shape index (κ1) is 19.4. The number of aliphatic hydroxyl groups is 1. The first-order valence-corrected chi connectivity index (χ1v) is 9.70. The molecule has 0 bridgehead atoms. The summed E-state index contributed by atoms with van der Waals surface area (Å²) >= 11 is 0. The molecule has 2 aromatic carbocycles. The lowest BCUT2D eigenvalue weighted by atomic mass is 9.84. The second-order valence-corrected chi connectivity index (χ2v) is 7.25. The molecule has 0 saturated heterocycles. The van der Waals surface area contributed by atoms with Gasteiger partial charge in [0.2, 0.25) is 0 Å². The Balaban J connectivity index is 1.61. The third-order valence-corrected chi connectivity index (χ3v) is 5.12. The van der Waals surface area contributed by atoms with E-state index in [2.05, 4.69) is 5.32 Å². The maximum Gasteiger partial charge on any atom is 0.254 e. The molecule has 0 spiro atoms. The first-order chi connectivity index (χ1) is 13.1. The number of anilines is 1. The lowest BCUT2D eigenvalue weighted by Gasteiger charge is -2.26. The number of ether oxygens (including phenoxy) is 1. The van der Waals surface area contributed by atoms with Gasteiger partial charge in [0.1, 0.15) is 11.9 Å². The van der Waals surface area contributed by atoms with E-state index in [-0.39, 0.29) is 0 Å². The van der Waals surface area contributed by atoms with Crippen LogP contribution in [0.25, 0.3) is 0 Å². The van der Waals surface area contributed by atoms with E-state index in [0.717, 1.165) is 12.8 Å². The summed E-state index contributed by atoms with van der Waals surface area (Å²) in [7, 11) is 0. The minimum absolute atomic E-state index is 0.498. The molecule has 2 aromatic rings. The quantitative estimate of drug-likeness (QED) is 0.688. The minimum Gasteiger partial charge on any atom is -0.455 e. The maximum absolute atomic E-state index is 12.5. The fourth-order valence-corrected chi connectivity index (χ4v) is 3.61. The minimum atomic E-state index is -1.24. The van der Waals surface area contributed by atoms with Crippen molar-refractivity contribution in [2.75, 3.05) is 5.32 Å². The normalized spacial score (nSPS) is 17.1. The monoisotopic (exact) mass is 368 g/mol. The lowest BCUT2D eigenvalue weighted by molar-refractivity contribution is -0.125. The lowest BCUT2D eigenvalue weighted by Crippen LogP contribution is -2.44. The number of amides is 1. The summed E-state index contributed by atoms with van der Waals surface area (Å²) in [5.41, 5.74) is 6.63. The summed E-state index contributed by atoms with van der Waals surface area (Å²) in [5, 5.41) is 13.1. The number of para-hydroxylation sites is 3. The summed E-state index contributed by atoms with van der Waals surface area (Å²) in [5.74, 6) is 1.20. The van der Waals surface area contributed by atoms with Gasteiger partial charge < -0.3 is 20.9 Å². The Bertz CT molecular complexity index is 729. The molecule has 5 nitrogen and oxygen atoms in total. The second kappa shape index (κ2) is 9.53. The van der Waals surface area contributed by atoms with Gasteiger partial charge in [0.15, 0.2) is 5.75 Å². The van der Waals surface area contributed by atoms with E-state index >= 15 is 0 Å². The number of nitrogens with two attached hydrogens (primary N) is 1. The van der Waals surface area contributed by atoms with Crippen LogP contribution in [0.1, 0.15) is 38.5 Å². The zero-order valence-corrected chi connectivity index (χ0v) is 15.5. The smallest absolute Gasteiger partial charge is 0.254 e. The third kappa shape index (κ3) is 5.55. The molecule has 0 heterocycles. The molecule has 144 valence electrons. The van der Waals surface area contributed by atoms with Gasteiger partial charge in [0, 0.05) is 6.04 Å². The Labute approximate surface area is 160 Å². The molecule has 4 N–H and O–H groups in total. The number of carbonyl (C=O) groups is 1. The van der Waals surface area contributed by atoms with Gasteiger partial charge in [-0.3, -0.25) is 4.79 Å². The molecular weight excluding hydrogens is 340 g/mol. The Morgan fingerprint density at radius 2 is 1.74 bits per heavy atom. The van der Waals surface area contributed by atoms with Crippen molar-refractivity contribution in [3.8, 4) is 11.5 Å². The zero-order chi connectivity index (χ0) is 19.1. The highest BCUT2D eigenvalue weighted by atomic mass is 16.5. The van der Waals surface area contributed by atoms with Crippen molar-refractivity contribution in [3.05, 3.63) is 54.6 Å². The molecule has 0 radical (unpaired) electrons. The predicted molar refractivity (Wildman–Crippen MR) is 107 cm³/mol. The highest BCUT2D eigenvalue weighted by Crippen LogP contribution is 2.30. The zero-order valence-electron chi connectivity index (χ0n) is 15.5. The SMILES string of the molecule is N[C@H](CC1CCCCC1)C(O)C(=O)Nc1ccccc1Oc1ccccc1. The Kier molecular flexibility index (Phi) is 6.85. The van der Waals surface area contributed by atoms with Crippen LogP contribution >= 0.6 is 0 Å². The molecule has 1 aliphatic rings. The largest absolute Gasteiger partial charge is 0.455 e. The van der Waals surface area contributed by atoms with Crippen LogP contribution in [0.3, 0.4) is 0 Å². The molecule has 27 heavy (non-hydrogen) atoms. The van der Waals surface area contributed by atoms with Crippen molar-refractivity contribution in [1.82, 2.24) is 0 Å². The van der Waals surface area contributed by atoms with Gasteiger partial charge in [0.25, 0.3) is 5.91 Å². The number of aliphatic hydroxyl groups excluding tert-OH is 1. The van der Waals surface area contributed by atoms with Gasteiger partial charge in [-0.1, -0.05) is 62.4 Å². The van der Waals surface area contributed by atoms with Crippen molar-refractivity contribution >= 4 is 11.6 Å². The average molecular weight is 368 g/mol. The van der Waals surface area contributed by atoms with E-state index in [4.69, 9.17) is 10.5 Å². The third-order valence-electron chi connectivity index (χ3n) is 5.12. The number of rotatable bonds is 7. The number of hydrogen-bond donors (Lipinski definition) is 3. The Hall–Kier alpha value is -2.37. The van der Waals surface area contributed by atoms with Crippen molar-refractivity contribution < 1.29 is 14.6 Å². The number of hydrogen-bond acceptors (Lipinski definition) is 4. The van der Waals surface area contributed by atoms with E-state index in [1.54, 1.807) is 12.1 Å². The summed E-state index contributed by atoms with van der Waals surface area (Å²) in [4.78, 5) is 12.5. The summed E-state index contributed by atoms with van der Waals surface area (Å²) < 4.78 is 5.84. The van der Waals surface area contributed by atoms with Gasteiger partial charge >= 0.3 is 0 Å². The van der Waals surface area contributed by atoms with Gasteiger partial charge in [-0.2, -0.15) is 0 Å². The first-order valence-electron chi connectivity index (χ1n) is 9.70. The van der Waals surface area contributed by atoms with Crippen LogP contribution < -0.4 is 15.8 Å². The van der Waals surface area contributed by atoms with E-state index in [1.165, 1.54) is 19.3 Å². The molecule has 1 saturated carbocycles. The fraction of sp³-hybridized carbons (Fsp3) is 0.409. The second-order valence-electron chi connectivity index (χ2n) is 7.25. The van der Waals surface area contributed by atoms with Crippen LogP contribution in [-0.4, -0.2) is 23.2 Å². The molecule has 1 aliphatic carbocycles. The molecule has 0 aliphatic heterocycles. The number of nitrogens with one attached hydrogen (secondary N) is 1. The Morgan fingerprint density at radius 3 is 2.48 bits per heavy atom. The van der Waals surface area contributed by atoms with E-state index in [9.17, 15) is 9.90 Å². The summed E-state index contributed by atoms with van der Waals surface area (Å²) in [6.07, 6.45) is 5.40. The van der Waals surface area contributed by atoms with E-state index < -0.39 is 18.1 Å². The van der Waals surface area contributed by atoms with Gasteiger partial charge in [-0.25, -0.2) is 0 Å². The van der Waals surface area contributed by atoms with Crippen LogP contribution in [0.5, 0.6) is 11.5 Å². The fourth-order valence-electron chi connectivity index (χ4n) is 3.61. The molecule has 2 atom stereocenters. The van der Waals surface area contributed by atoms with Gasteiger partial charge in [-0.05, 0) is 36.6 Å². The molecule has 1 amide bonds. The highest BCUT2D eigenvalue weighted by Gasteiger charge is 2.27. The van der Waals surface area contributed by atoms with Gasteiger partial charge in [-0.15, -0.1) is 0 Å². The maximum atomic E-state index is 12.5. The molecule has 3 rings (SSSR count). The number of benzene rings is 2.